The van der Waals surface area contributed by atoms with Gasteiger partial charge in [0.25, 0.3) is 0 Å². The second kappa shape index (κ2) is 5.91. The van der Waals surface area contributed by atoms with Gasteiger partial charge < -0.3 is 10.4 Å². The molecule has 0 saturated carbocycles. The third kappa shape index (κ3) is 3.37. The molecule has 1 unspecified atom stereocenters. The molecule has 5 heteroatoms. The summed E-state index contributed by atoms with van der Waals surface area (Å²) in [7, 11) is 0. The number of hydrogen-bond acceptors (Lipinski definition) is 3. The molecule has 0 aliphatic carbocycles. The average Bonchev–Trinajstić information content (AvgIpc) is 2.37. The lowest BCUT2D eigenvalue weighted by Crippen LogP contribution is -2.14. The standard InChI is InChI=1S/C16H17FN2O2/c1-9-8-10(2)18-15(14(9)16(20)21)19-11(3)12-4-6-13(17)7-5-12/h4-8,11H,1-3H3,(H,18,19)(H,20,21). The van der Waals surface area contributed by atoms with Gasteiger partial charge in [-0.3, -0.25) is 0 Å². The normalized spacial score (nSPS) is 12.0. The molecule has 0 fully saturated rings. The number of rotatable bonds is 4. The highest BCUT2D eigenvalue weighted by molar-refractivity contribution is 5.94. The Hall–Kier alpha value is -2.43. The average molecular weight is 288 g/mol. The molecule has 0 radical (unpaired) electrons. The minimum absolute atomic E-state index is 0.162. The van der Waals surface area contributed by atoms with Crippen LogP contribution >= 0.6 is 0 Å². The fourth-order valence-electron chi connectivity index (χ4n) is 2.25. The smallest absolute Gasteiger partial charge is 0.339 e. The number of aromatic carboxylic acids is 1. The molecule has 0 aliphatic rings. The molecule has 2 aromatic rings. The van der Waals surface area contributed by atoms with Crippen molar-refractivity contribution >= 4 is 11.8 Å². The van der Waals surface area contributed by atoms with E-state index >= 15 is 0 Å². The molecule has 0 spiro atoms. The third-order valence-electron chi connectivity index (χ3n) is 3.28. The molecule has 0 saturated heterocycles. The Kier molecular flexibility index (Phi) is 4.21. The van der Waals surface area contributed by atoms with Gasteiger partial charge in [0.05, 0.1) is 0 Å². The third-order valence-corrected chi connectivity index (χ3v) is 3.28. The maximum atomic E-state index is 12.9. The zero-order valence-electron chi connectivity index (χ0n) is 12.1. The lowest BCUT2D eigenvalue weighted by atomic mass is 10.1. The first-order valence-corrected chi connectivity index (χ1v) is 6.62. The second-order valence-electron chi connectivity index (χ2n) is 5.03. The SMILES string of the molecule is Cc1cc(C)c(C(=O)O)c(NC(C)c2ccc(F)cc2)n1. The van der Waals surface area contributed by atoms with Crippen LogP contribution in [0.25, 0.3) is 0 Å². The van der Waals surface area contributed by atoms with Gasteiger partial charge in [-0.2, -0.15) is 0 Å². The monoisotopic (exact) mass is 288 g/mol. The van der Waals surface area contributed by atoms with E-state index < -0.39 is 5.97 Å². The zero-order valence-corrected chi connectivity index (χ0v) is 12.1. The Labute approximate surface area is 122 Å². The Balaban J connectivity index is 2.34. The lowest BCUT2D eigenvalue weighted by molar-refractivity contribution is 0.0696. The lowest BCUT2D eigenvalue weighted by Gasteiger charge is -2.18. The van der Waals surface area contributed by atoms with E-state index in [0.29, 0.717) is 11.4 Å². The second-order valence-corrected chi connectivity index (χ2v) is 5.03. The Bertz CT molecular complexity index is 669. The highest BCUT2D eigenvalue weighted by Gasteiger charge is 2.17. The summed E-state index contributed by atoms with van der Waals surface area (Å²) in [6.07, 6.45) is 0. The van der Waals surface area contributed by atoms with Crippen LogP contribution in [0, 0.1) is 19.7 Å². The van der Waals surface area contributed by atoms with Crippen LogP contribution in [0.1, 0.15) is 40.1 Å². The first kappa shape index (κ1) is 15.0. The van der Waals surface area contributed by atoms with E-state index in [1.807, 2.05) is 13.8 Å². The molecule has 21 heavy (non-hydrogen) atoms. The van der Waals surface area contributed by atoms with Gasteiger partial charge >= 0.3 is 5.97 Å². The summed E-state index contributed by atoms with van der Waals surface area (Å²) in [5.41, 5.74) is 2.42. The first-order chi connectivity index (χ1) is 9.88. The predicted octanol–water partition coefficient (Wildman–Crippen LogP) is 3.71. The quantitative estimate of drug-likeness (QED) is 0.900. The number of pyridine rings is 1. The topological polar surface area (TPSA) is 62.2 Å². The van der Waals surface area contributed by atoms with Crippen molar-refractivity contribution in [1.82, 2.24) is 4.98 Å². The Morgan fingerprint density at radius 2 is 1.90 bits per heavy atom. The molecule has 2 N–H and O–H groups in total. The maximum absolute atomic E-state index is 12.9. The van der Waals surface area contributed by atoms with Crippen molar-refractivity contribution in [1.29, 1.82) is 0 Å². The van der Waals surface area contributed by atoms with E-state index in [4.69, 9.17) is 0 Å². The maximum Gasteiger partial charge on any atom is 0.339 e. The molecule has 0 amide bonds. The molecule has 1 aromatic heterocycles. The van der Waals surface area contributed by atoms with Crippen molar-refractivity contribution in [2.24, 2.45) is 0 Å². The summed E-state index contributed by atoms with van der Waals surface area (Å²) >= 11 is 0. The van der Waals surface area contributed by atoms with Crippen LogP contribution < -0.4 is 5.32 Å². The minimum Gasteiger partial charge on any atom is -0.478 e. The fourth-order valence-corrected chi connectivity index (χ4v) is 2.25. The van der Waals surface area contributed by atoms with Crippen molar-refractivity contribution in [3.05, 3.63) is 58.5 Å². The van der Waals surface area contributed by atoms with Gasteiger partial charge in [0.1, 0.15) is 17.2 Å². The highest BCUT2D eigenvalue weighted by Crippen LogP contribution is 2.24. The van der Waals surface area contributed by atoms with Crippen LogP contribution in [0.2, 0.25) is 0 Å². The minimum atomic E-state index is -1.02. The van der Waals surface area contributed by atoms with E-state index in [9.17, 15) is 14.3 Å². The number of carboxylic acid groups (broad SMARTS) is 1. The molecule has 0 bridgehead atoms. The van der Waals surface area contributed by atoms with Gasteiger partial charge in [0.15, 0.2) is 0 Å². The van der Waals surface area contributed by atoms with Crippen molar-refractivity contribution in [2.45, 2.75) is 26.8 Å². The summed E-state index contributed by atoms with van der Waals surface area (Å²) in [6, 6.07) is 7.63. The molecular formula is C16H17FN2O2. The van der Waals surface area contributed by atoms with Crippen LogP contribution in [0.5, 0.6) is 0 Å². The summed E-state index contributed by atoms with van der Waals surface area (Å²) in [4.78, 5) is 15.7. The fraction of sp³-hybridized carbons (Fsp3) is 0.250. The molecule has 1 heterocycles. The van der Waals surface area contributed by atoms with Gasteiger partial charge in [0.2, 0.25) is 0 Å². The molecule has 1 aromatic carbocycles. The van der Waals surface area contributed by atoms with Crippen LogP contribution in [0.3, 0.4) is 0 Å². The van der Waals surface area contributed by atoms with Gasteiger partial charge in [-0.25, -0.2) is 14.2 Å². The number of aromatic nitrogens is 1. The number of nitrogens with zero attached hydrogens (tertiary/aromatic N) is 1. The summed E-state index contributed by atoms with van der Waals surface area (Å²) in [5, 5.41) is 12.4. The Morgan fingerprint density at radius 1 is 1.29 bits per heavy atom. The van der Waals surface area contributed by atoms with Gasteiger partial charge in [-0.15, -0.1) is 0 Å². The number of benzene rings is 1. The van der Waals surface area contributed by atoms with Crippen molar-refractivity contribution in [3.8, 4) is 0 Å². The summed E-state index contributed by atoms with van der Waals surface area (Å²) in [5.74, 6) is -0.993. The van der Waals surface area contributed by atoms with E-state index in [-0.39, 0.29) is 17.4 Å². The Morgan fingerprint density at radius 3 is 2.48 bits per heavy atom. The molecule has 1 atom stereocenters. The van der Waals surface area contributed by atoms with E-state index in [0.717, 1.165) is 11.3 Å². The number of hydrogen-bond donors (Lipinski definition) is 2. The van der Waals surface area contributed by atoms with E-state index in [1.54, 1.807) is 25.1 Å². The summed E-state index contributed by atoms with van der Waals surface area (Å²) < 4.78 is 12.9. The van der Waals surface area contributed by atoms with Crippen LogP contribution in [-0.2, 0) is 0 Å². The molecule has 110 valence electrons. The zero-order chi connectivity index (χ0) is 15.6. The van der Waals surface area contributed by atoms with Crippen molar-refractivity contribution < 1.29 is 14.3 Å². The van der Waals surface area contributed by atoms with Gasteiger partial charge in [0, 0.05) is 11.7 Å². The predicted molar refractivity (Wildman–Crippen MR) is 79.1 cm³/mol. The molecule has 4 nitrogen and oxygen atoms in total. The highest BCUT2D eigenvalue weighted by atomic mass is 19.1. The molecule has 0 aliphatic heterocycles. The largest absolute Gasteiger partial charge is 0.478 e. The van der Waals surface area contributed by atoms with Gasteiger partial charge in [-0.1, -0.05) is 12.1 Å². The van der Waals surface area contributed by atoms with Gasteiger partial charge in [-0.05, 0) is 50.1 Å². The van der Waals surface area contributed by atoms with Crippen molar-refractivity contribution in [2.75, 3.05) is 5.32 Å². The first-order valence-electron chi connectivity index (χ1n) is 6.62. The van der Waals surface area contributed by atoms with Crippen LogP contribution in [-0.4, -0.2) is 16.1 Å². The number of carbonyl (C=O) groups is 1. The van der Waals surface area contributed by atoms with Crippen molar-refractivity contribution in [3.63, 3.8) is 0 Å². The number of anilines is 1. The van der Waals surface area contributed by atoms with Crippen LogP contribution in [0.4, 0.5) is 10.2 Å². The summed E-state index contributed by atoms with van der Waals surface area (Å²) in [6.45, 7) is 5.43. The number of halogens is 1. The van der Waals surface area contributed by atoms with E-state index in [2.05, 4.69) is 10.3 Å². The van der Waals surface area contributed by atoms with E-state index in [1.165, 1.54) is 12.1 Å². The molecular weight excluding hydrogens is 271 g/mol. The number of aryl methyl sites for hydroxylation is 2. The molecule has 2 rings (SSSR count). The van der Waals surface area contributed by atoms with Crippen LogP contribution in [0.15, 0.2) is 30.3 Å². The number of carboxylic acids is 1. The number of nitrogens with one attached hydrogen (secondary N) is 1.